The van der Waals surface area contributed by atoms with Gasteiger partial charge < -0.3 is 43.9 Å². The third-order valence-corrected chi connectivity index (χ3v) is 12.1. The number of amides is 1. The normalized spacial score (nSPS) is 38.2. The van der Waals surface area contributed by atoms with E-state index in [1.54, 1.807) is 21.1 Å². The minimum atomic E-state index is -1.47. The van der Waals surface area contributed by atoms with Gasteiger partial charge in [-0.1, -0.05) is 32.9 Å². The van der Waals surface area contributed by atoms with Crippen molar-refractivity contribution in [1.82, 2.24) is 4.90 Å². The van der Waals surface area contributed by atoms with E-state index in [-0.39, 0.29) is 37.0 Å². The van der Waals surface area contributed by atoms with Crippen LogP contribution in [0.5, 0.6) is 0 Å². The van der Waals surface area contributed by atoms with Crippen LogP contribution in [0.4, 0.5) is 0 Å². The molecule has 5 rings (SSSR count). The second-order valence-electron chi connectivity index (χ2n) is 15.9. The Hall–Kier alpha value is -2.19. The Morgan fingerprint density at radius 3 is 2.48 bits per heavy atom. The molecule has 0 spiro atoms. The van der Waals surface area contributed by atoms with Gasteiger partial charge in [-0.05, 0) is 107 Å². The average molecular weight is 736 g/mol. The first-order valence-corrected chi connectivity index (χ1v) is 19.5. The number of rotatable bonds is 8. The number of Topliss-reactive ketones (excluding diaryl/α,β-unsaturated/α-hetero) is 1. The van der Waals surface area contributed by atoms with Crippen molar-refractivity contribution in [2.45, 2.75) is 160 Å². The maximum atomic E-state index is 14.3. The standard InChI is InChI=1S/C40H65NO11/c1-8-29-22-28-19-25(2)20-33(48-6)35-34(49-7)21-27(4)39(5,52-35)36(44)37(45)41-18-10-9-15-31(41)38(46)51-32(16-12-17-40(29,47)50-24-28)26(3)13-11-14-30(43)23-42/h13,22,25,27,29-35,42-43,47H,8-12,14-21,23-24H2,1-7H3/b26-13-/t25-,27+,29+,30?,31?,32-,33-,34-,35+,39+,40?/m0/s1. The zero-order valence-corrected chi connectivity index (χ0v) is 32.5. The Balaban J connectivity index is 1.71. The molecule has 5 aliphatic heterocycles. The summed E-state index contributed by atoms with van der Waals surface area (Å²) in [5.41, 5.74) is 0.398. The van der Waals surface area contributed by atoms with E-state index in [2.05, 4.69) is 13.0 Å². The maximum absolute atomic E-state index is 14.3. The maximum Gasteiger partial charge on any atom is 0.329 e. The molecule has 3 unspecified atom stereocenters. The SMILES string of the molecule is CC[C@@H]1C=C2COC1(O)CCC[C@@H](/C(C)=C\CCC(O)CO)OC(=O)C1CCCCN1C(=O)C(=O)[C@]1(C)O[C@H]([C@@H](OC)C[C@@H](C)C2)[C@@H](OC)C[C@H]1C. The van der Waals surface area contributed by atoms with E-state index in [0.29, 0.717) is 77.2 Å². The Morgan fingerprint density at radius 1 is 1.10 bits per heavy atom. The van der Waals surface area contributed by atoms with Crippen molar-refractivity contribution in [2.24, 2.45) is 17.8 Å². The monoisotopic (exact) mass is 735 g/mol. The third kappa shape index (κ3) is 9.91. The number of carbonyl (C=O) groups is 3. The van der Waals surface area contributed by atoms with Gasteiger partial charge in [-0.25, -0.2) is 4.79 Å². The Bertz CT molecular complexity index is 1290. The smallest absolute Gasteiger partial charge is 0.329 e. The molecule has 0 aromatic carbocycles. The van der Waals surface area contributed by atoms with Crippen molar-refractivity contribution >= 4 is 17.7 Å². The molecule has 3 fully saturated rings. The van der Waals surface area contributed by atoms with E-state index in [4.69, 9.17) is 23.7 Å². The van der Waals surface area contributed by atoms with Crippen LogP contribution in [0.15, 0.2) is 23.3 Å². The van der Waals surface area contributed by atoms with Crippen molar-refractivity contribution in [3.05, 3.63) is 23.3 Å². The molecular formula is C40H65NO11. The van der Waals surface area contributed by atoms with Crippen molar-refractivity contribution in [2.75, 3.05) is 34.0 Å². The number of ketones is 1. The summed E-state index contributed by atoms with van der Waals surface area (Å²) in [6.07, 6.45) is 7.35. The van der Waals surface area contributed by atoms with E-state index >= 15 is 0 Å². The van der Waals surface area contributed by atoms with Crippen LogP contribution in [0.25, 0.3) is 0 Å². The van der Waals surface area contributed by atoms with Crippen LogP contribution in [-0.2, 0) is 38.1 Å². The summed E-state index contributed by atoms with van der Waals surface area (Å²) < 4.78 is 31.0. The lowest BCUT2D eigenvalue weighted by Gasteiger charge is -2.48. The molecule has 12 nitrogen and oxygen atoms in total. The molecule has 11 atom stereocenters. The first-order valence-electron chi connectivity index (χ1n) is 19.5. The predicted octanol–water partition coefficient (Wildman–Crippen LogP) is 4.41. The summed E-state index contributed by atoms with van der Waals surface area (Å²) >= 11 is 0. The highest BCUT2D eigenvalue weighted by molar-refractivity contribution is 6.39. The number of fused-ring (bicyclic) bond motifs is 11. The van der Waals surface area contributed by atoms with Gasteiger partial charge >= 0.3 is 5.97 Å². The molecule has 0 aliphatic carbocycles. The minimum Gasteiger partial charge on any atom is -0.456 e. The molecular weight excluding hydrogens is 670 g/mol. The molecule has 12 heteroatoms. The number of nitrogens with zero attached hydrogens (tertiary/aromatic N) is 1. The lowest BCUT2D eigenvalue weighted by atomic mass is 9.76. The van der Waals surface area contributed by atoms with Gasteiger partial charge in [0.25, 0.3) is 11.7 Å². The number of carbonyl (C=O) groups excluding carboxylic acids is 3. The second-order valence-corrected chi connectivity index (χ2v) is 15.9. The molecule has 0 aromatic rings. The number of ether oxygens (including phenoxy) is 5. The highest BCUT2D eigenvalue weighted by Crippen LogP contribution is 2.41. The van der Waals surface area contributed by atoms with Gasteiger partial charge in [-0.2, -0.15) is 0 Å². The van der Waals surface area contributed by atoms with Crippen molar-refractivity contribution in [3.63, 3.8) is 0 Å². The number of esters is 1. The lowest BCUT2D eigenvalue weighted by molar-refractivity contribution is -0.235. The molecule has 5 heterocycles. The first-order chi connectivity index (χ1) is 24.7. The summed E-state index contributed by atoms with van der Waals surface area (Å²) in [5.74, 6) is -3.83. The third-order valence-electron chi connectivity index (χ3n) is 12.1. The van der Waals surface area contributed by atoms with Gasteiger partial charge in [0, 0.05) is 33.1 Å². The molecule has 0 radical (unpaired) electrons. The van der Waals surface area contributed by atoms with Crippen LogP contribution >= 0.6 is 0 Å². The van der Waals surface area contributed by atoms with Crippen LogP contribution in [0.1, 0.15) is 112 Å². The molecule has 4 bridgehead atoms. The van der Waals surface area contributed by atoms with Crippen molar-refractivity contribution < 1.29 is 53.4 Å². The zero-order valence-electron chi connectivity index (χ0n) is 32.5. The number of allylic oxidation sites excluding steroid dienone is 1. The predicted molar refractivity (Wildman–Crippen MR) is 194 cm³/mol. The van der Waals surface area contributed by atoms with E-state index in [1.807, 2.05) is 26.8 Å². The summed E-state index contributed by atoms with van der Waals surface area (Å²) in [4.78, 5) is 43.9. The Labute approximate surface area is 310 Å². The van der Waals surface area contributed by atoms with Crippen LogP contribution < -0.4 is 0 Å². The fourth-order valence-electron chi connectivity index (χ4n) is 8.53. The molecule has 5 aliphatic rings. The molecule has 296 valence electrons. The van der Waals surface area contributed by atoms with Crippen molar-refractivity contribution in [3.8, 4) is 0 Å². The largest absolute Gasteiger partial charge is 0.456 e. The summed E-state index contributed by atoms with van der Waals surface area (Å²) in [6.45, 7) is 9.79. The highest BCUT2D eigenvalue weighted by Gasteiger charge is 2.54. The molecule has 3 N–H and O–H groups in total. The summed E-state index contributed by atoms with van der Waals surface area (Å²) in [5, 5.41) is 30.9. The summed E-state index contributed by atoms with van der Waals surface area (Å²) in [7, 11) is 3.25. The number of hydrogen-bond donors (Lipinski definition) is 3. The topological polar surface area (TPSA) is 161 Å². The van der Waals surface area contributed by atoms with Crippen LogP contribution in [-0.4, -0.2) is 120 Å². The average Bonchev–Trinajstić information content (AvgIpc) is 3.13. The molecule has 0 aromatic heterocycles. The van der Waals surface area contributed by atoms with Crippen LogP contribution in [0.3, 0.4) is 0 Å². The van der Waals surface area contributed by atoms with Gasteiger partial charge in [-0.15, -0.1) is 0 Å². The number of piperidine rings is 1. The number of aliphatic hydroxyl groups is 3. The quantitative estimate of drug-likeness (QED) is 0.184. The van der Waals surface area contributed by atoms with Crippen molar-refractivity contribution in [1.29, 1.82) is 0 Å². The van der Waals surface area contributed by atoms with Crippen LogP contribution in [0, 0.1) is 17.8 Å². The molecule has 3 saturated heterocycles. The fourth-order valence-corrected chi connectivity index (χ4v) is 8.53. The zero-order chi connectivity index (χ0) is 38.2. The molecule has 52 heavy (non-hydrogen) atoms. The Morgan fingerprint density at radius 2 is 1.81 bits per heavy atom. The van der Waals surface area contributed by atoms with Gasteiger partial charge in [0.2, 0.25) is 0 Å². The lowest BCUT2D eigenvalue weighted by Crippen LogP contribution is -2.63. The number of aliphatic hydroxyl groups excluding tert-OH is 2. The first kappa shape index (κ1) is 42.6. The van der Waals surface area contributed by atoms with Gasteiger partial charge in [0.15, 0.2) is 5.79 Å². The van der Waals surface area contributed by atoms with E-state index in [1.165, 1.54) is 4.90 Å². The van der Waals surface area contributed by atoms with Gasteiger partial charge in [-0.3, -0.25) is 9.59 Å². The van der Waals surface area contributed by atoms with E-state index in [9.17, 15) is 29.7 Å². The minimum absolute atomic E-state index is 0.146. The number of methoxy groups -OCH3 is 2. The Kier molecular flexibility index (Phi) is 15.5. The fraction of sp³-hybridized carbons (Fsp3) is 0.825. The van der Waals surface area contributed by atoms with Gasteiger partial charge in [0.1, 0.15) is 23.9 Å². The summed E-state index contributed by atoms with van der Waals surface area (Å²) in [6, 6.07) is -0.942. The molecule has 1 amide bonds. The van der Waals surface area contributed by atoms with Gasteiger partial charge in [0.05, 0.1) is 31.5 Å². The number of hydrogen-bond acceptors (Lipinski definition) is 11. The van der Waals surface area contributed by atoms with Crippen LogP contribution in [0.2, 0.25) is 0 Å². The highest BCUT2D eigenvalue weighted by atomic mass is 16.6. The van der Waals surface area contributed by atoms with E-state index in [0.717, 1.165) is 17.6 Å². The second kappa shape index (κ2) is 18.9. The molecule has 0 saturated carbocycles. The van der Waals surface area contributed by atoms with E-state index < -0.39 is 59.5 Å².